The van der Waals surface area contributed by atoms with Crippen LogP contribution in [0.15, 0.2) is 71.9 Å². The van der Waals surface area contributed by atoms with Crippen LogP contribution in [0.4, 0.5) is 11.6 Å². The second kappa shape index (κ2) is 7.51. The first-order valence-electron chi connectivity index (χ1n) is 7.41. The molecule has 0 aliphatic carbocycles. The Bertz CT molecular complexity index is 1010. The summed E-state index contributed by atoms with van der Waals surface area (Å²) in [7, 11) is -3.82. The lowest BCUT2D eigenvalue weighted by Crippen LogP contribution is -2.15. The normalized spacial score (nSPS) is 11.0. The topological polar surface area (TPSA) is 101 Å². The van der Waals surface area contributed by atoms with Crippen LogP contribution in [0.2, 0.25) is 5.02 Å². The average Bonchev–Trinajstić information content (AvgIpc) is 2.63. The maximum absolute atomic E-state index is 12.3. The molecule has 0 saturated carbocycles. The molecule has 0 bridgehead atoms. The molecule has 1 amide bonds. The smallest absolute Gasteiger partial charge is 0.264 e. The molecule has 0 fully saturated rings. The zero-order chi connectivity index (χ0) is 18.6. The molecule has 0 spiro atoms. The monoisotopic (exact) mass is 388 g/mol. The molecule has 0 aliphatic heterocycles. The van der Waals surface area contributed by atoms with Gasteiger partial charge in [0.1, 0.15) is 0 Å². The molecule has 1 aromatic heterocycles. The number of hydrogen-bond acceptors (Lipinski definition) is 5. The van der Waals surface area contributed by atoms with E-state index in [0.29, 0.717) is 16.3 Å². The lowest BCUT2D eigenvalue weighted by Gasteiger charge is -2.08. The van der Waals surface area contributed by atoms with Gasteiger partial charge in [-0.25, -0.2) is 23.1 Å². The molecule has 2 N–H and O–H groups in total. The number of aromatic nitrogens is 2. The number of sulfonamides is 1. The molecule has 26 heavy (non-hydrogen) atoms. The molecule has 1 heterocycles. The van der Waals surface area contributed by atoms with Crippen molar-refractivity contribution >= 4 is 39.2 Å². The van der Waals surface area contributed by atoms with Gasteiger partial charge >= 0.3 is 0 Å². The molecule has 9 heteroatoms. The van der Waals surface area contributed by atoms with E-state index in [9.17, 15) is 13.2 Å². The first kappa shape index (κ1) is 17.8. The third kappa shape index (κ3) is 4.35. The molecular weight excluding hydrogens is 376 g/mol. The lowest BCUT2D eigenvalue weighted by atomic mass is 10.2. The molecule has 3 rings (SSSR count). The minimum absolute atomic E-state index is 0.0207. The van der Waals surface area contributed by atoms with Crippen molar-refractivity contribution in [3.8, 4) is 0 Å². The quantitative estimate of drug-likeness (QED) is 0.699. The van der Waals surface area contributed by atoms with Gasteiger partial charge in [-0.1, -0.05) is 11.6 Å². The van der Waals surface area contributed by atoms with Gasteiger partial charge in [0.2, 0.25) is 5.95 Å². The summed E-state index contributed by atoms with van der Waals surface area (Å²) in [6.07, 6.45) is 2.86. The Kier molecular flexibility index (Phi) is 5.15. The van der Waals surface area contributed by atoms with Gasteiger partial charge in [0, 0.05) is 28.7 Å². The summed E-state index contributed by atoms with van der Waals surface area (Å²) in [5, 5.41) is 3.22. The van der Waals surface area contributed by atoms with Gasteiger partial charge in [0.25, 0.3) is 15.9 Å². The Morgan fingerprint density at radius 3 is 2.15 bits per heavy atom. The molecule has 0 unspecified atom stereocenters. The molecule has 0 atom stereocenters. The number of nitrogens with one attached hydrogen (secondary N) is 2. The lowest BCUT2D eigenvalue weighted by molar-refractivity contribution is 0.102. The van der Waals surface area contributed by atoms with E-state index in [1.807, 2.05) is 0 Å². The van der Waals surface area contributed by atoms with Crippen molar-refractivity contribution in [1.29, 1.82) is 0 Å². The Morgan fingerprint density at radius 2 is 1.54 bits per heavy atom. The third-order valence-electron chi connectivity index (χ3n) is 3.32. The van der Waals surface area contributed by atoms with Gasteiger partial charge in [-0.3, -0.25) is 4.79 Å². The molecular formula is C17H13ClN4O3S. The van der Waals surface area contributed by atoms with Crippen LogP contribution >= 0.6 is 11.6 Å². The van der Waals surface area contributed by atoms with Crippen molar-refractivity contribution in [3.05, 3.63) is 77.6 Å². The summed E-state index contributed by atoms with van der Waals surface area (Å²) in [5.41, 5.74) is 0.897. The number of carbonyl (C=O) groups is 1. The predicted molar refractivity (Wildman–Crippen MR) is 98.7 cm³/mol. The zero-order valence-electron chi connectivity index (χ0n) is 13.3. The van der Waals surface area contributed by atoms with Crippen molar-refractivity contribution in [2.75, 3.05) is 10.0 Å². The van der Waals surface area contributed by atoms with E-state index in [0.717, 1.165) is 0 Å². The first-order chi connectivity index (χ1) is 12.4. The number of benzene rings is 2. The molecule has 0 saturated heterocycles. The van der Waals surface area contributed by atoms with Gasteiger partial charge in [-0.2, -0.15) is 0 Å². The first-order valence-corrected chi connectivity index (χ1v) is 9.27. The van der Waals surface area contributed by atoms with E-state index in [1.54, 1.807) is 30.3 Å². The van der Waals surface area contributed by atoms with Crippen molar-refractivity contribution < 1.29 is 13.2 Å². The van der Waals surface area contributed by atoms with Gasteiger partial charge in [0.05, 0.1) is 4.90 Å². The van der Waals surface area contributed by atoms with Crippen LogP contribution in [0.1, 0.15) is 10.4 Å². The average molecular weight is 389 g/mol. The van der Waals surface area contributed by atoms with Gasteiger partial charge < -0.3 is 5.32 Å². The molecule has 3 aromatic rings. The van der Waals surface area contributed by atoms with Crippen LogP contribution in [0, 0.1) is 0 Å². The summed E-state index contributed by atoms with van der Waals surface area (Å²) < 4.78 is 26.9. The highest BCUT2D eigenvalue weighted by atomic mass is 35.5. The molecule has 7 nitrogen and oxygen atoms in total. The van der Waals surface area contributed by atoms with Crippen molar-refractivity contribution in [3.63, 3.8) is 0 Å². The molecule has 132 valence electrons. The Hall–Kier alpha value is -2.97. The Labute approximate surface area is 155 Å². The fraction of sp³-hybridized carbons (Fsp3) is 0. The minimum atomic E-state index is -3.82. The fourth-order valence-corrected chi connectivity index (χ4v) is 3.14. The second-order valence-corrected chi connectivity index (χ2v) is 7.28. The summed E-state index contributed by atoms with van der Waals surface area (Å²) >= 11 is 5.79. The number of hydrogen-bond donors (Lipinski definition) is 2. The highest BCUT2D eigenvalue weighted by Crippen LogP contribution is 2.17. The van der Waals surface area contributed by atoms with E-state index in [-0.39, 0.29) is 16.8 Å². The van der Waals surface area contributed by atoms with E-state index >= 15 is 0 Å². The third-order valence-corrected chi connectivity index (χ3v) is 4.92. The number of amides is 1. The van der Waals surface area contributed by atoms with Crippen LogP contribution in [0.3, 0.4) is 0 Å². The van der Waals surface area contributed by atoms with Gasteiger partial charge in [-0.15, -0.1) is 0 Å². The van der Waals surface area contributed by atoms with Crippen LogP contribution < -0.4 is 10.0 Å². The van der Waals surface area contributed by atoms with Crippen LogP contribution in [0.5, 0.6) is 0 Å². The second-order valence-electron chi connectivity index (χ2n) is 5.16. The van der Waals surface area contributed by atoms with E-state index < -0.39 is 10.0 Å². The van der Waals surface area contributed by atoms with Crippen molar-refractivity contribution in [2.45, 2.75) is 4.90 Å². The van der Waals surface area contributed by atoms with Crippen LogP contribution in [-0.2, 0) is 10.0 Å². The molecule has 0 radical (unpaired) electrons. The number of carbonyl (C=O) groups excluding carboxylic acids is 1. The Balaban J connectivity index is 1.71. The zero-order valence-corrected chi connectivity index (χ0v) is 14.8. The maximum atomic E-state index is 12.3. The SMILES string of the molecule is O=C(Nc1ccc(S(=O)(=O)Nc2ncccn2)cc1)c1ccc(Cl)cc1. The summed E-state index contributed by atoms with van der Waals surface area (Å²) in [5.74, 6) is -0.347. The largest absolute Gasteiger partial charge is 0.322 e. The van der Waals surface area contributed by atoms with Gasteiger partial charge in [-0.05, 0) is 54.6 Å². The maximum Gasteiger partial charge on any atom is 0.264 e. The fourth-order valence-electron chi connectivity index (χ4n) is 2.05. The number of nitrogens with zero attached hydrogens (tertiary/aromatic N) is 2. The molecule has 2 aromatic carbocycles. The Morgan fingerprint density at radius 1 is 0.923 bits per heavy atom. The van der Waals surface area contributed by atoms with Gasteiger partial charge in [0.15, 0.2) is 0 Å². The summed E-state index contributed by atoms with van der Waals surface area (Å²) in [6.45, 7) is 0. The summed E-state index contributed by atoms with van der Waals surface area (Å²) in [6, 6.07) is 13.7. The number of rotatable bonds is 5. The predicted octanol–water partition coefficient (Wildman–Crippen LogP) is 3.18. The number of anilines is 2. The van der Waals surface area contributed by atoms with Crippen molar-refractivity contribution in [1.82, 2.24) is 9.97 Å². The minimum Gasteiger partial charge on any atom is -0.322 e. The van der Waals surface area contributed by atoms with E-state index in [1.165, 1.54) is 36.7 Å². The highest BCUT2D eigenvalue weighted by Gasteiger charge is 2.15. The number of halogens is 1. The van der Waals surface area contributed by atoms with E-state index in [2.05, 4.69) is 20.0 Å². The standard InChI is InChI=1S/C17H13ClN4O3S/c18-13-4-2-12(3-5-13)16(23)21-14-6-8-15(9-7-14)26(24,25)22-17-19-10-1-11-20-17/h1-11H,(H,21,23)(H,19,20,22). The van der Waals surface area contributed by atoms with Crippen molar-refractivity contribution in [2.24, 2.45) is 0 Å². The highest BCUT2D eigenvalue weighted by molar-refractivity contribution is 7.92. The summed E-state index contributed by atoms with van der Waals surface area (Å²) in [4.78, 5) is 19.8. The van der Waals surface area contributed by atoms with Crippen LogP contribution in [0.25, 0.3) is 0 Å². The van der Waals surface area contributed by atoms with Crippen LogP contribution in [-0.4, -0.2) is 24.3 Å². The van der Waals surface area contributed by atoms with E-state index in [4.69, 9.17) is 11.6 Å². The molecule has 0 aliphatic rings.